The van der Waals surface area contributed by atoms with Crippen molar-refractivity contribution >= 4 is 46.1 Å². The lowest BCUT2D eigenvalue weighted by atomic mass is 10.1. The van der Waals surface area contributed by atoms with Crippen molar-refractivity contribution in [1.82, 2.24) is 24.1 Å². The number of nitrogens with one attached hydrogen (secondary N) is 1. The van der Waals surface area contributed by atoms with Gasteiger partial charge in [-0.3, -0.25) is 18.6 Å². The van der Waals surface area contributed by atoms with Crippen LogP contribution in [0.5, 0.6) is 0 Å². The van der Waals surface area contributed by atoms with E-state index in [1.807, 2.05) is 62.4 Å². The summed E-state index contributed by atoms with van der Waals surface area (Å²) in [6.45, 7) is 3.97. The Morgan fingerprint density at radius 1 is 1.00 bits per heavy atom. The van der Waals surface area contributed by atoms with Gasteiger partial charge in [-0.05, 0) is 49.1 Å². The van der Waals surface area contributed by atoms with Gasteiger partial charge in [0, 0.05) is 18.8 Å². The predicted molar refractivity (Wildman–Crippen MR) is 129 cm³/mol. The SMILES string of the molecule is CCc1ccc(NC(=O)CSc2nnc3n(CC(=O)N4CCCC4)c4ccccc4n23)cc1. The van der Waals surface area contributed by atoms with E-state index in [-0.39, 0.29) is 24.1 Å². The number of anilines is 1. The molecule has 2 aromatic heterocycles. The molecule has 2 aromatic carbocycles. The summed E-state index contributed by atoms with van der Waals surface area (Å²) in [5.74, 6) is 0.819. The fourth-order valence-electron chi connectivity index (χ4n) is 4.24. The second-order valence-corrected chi connectivity index (χ2v) is 9.11. The van der Waals surface area contributed by atoms with Crippen molar-refractivity contribution in [3.05, 3.63) is 54.1 Å². The van der Waals surface area contributed by atoms with Crippen LogP contribution in [0.2, 0.25) is 0 Å². The van der Waals surface area contributed by atoms with Gasteiger partial charge in [-0.1, -0.05) is 43.0 Å². The summed E-state index contributed by atoms with van der Waals surface area (Å²) in [5.41, 5.74) is 3.86. The first kappa shape index (κ1) is 21.5. The van der Waals surface area contributed by atoms with E-state index in [0.29, 0.717) is 10.9 Å². The third kappa shape index (κ3) is 4.32. The molecule has 1 fully saturated rings. The highest BCUT2D eigenvalue weighted by Gasteiger charge is 2.23. The van der Waals surface area contributed by atoms with E-state index in [4.69, 9.17) is 0 Å². The Labute approximate surface area is 196 Å². The molecule has 2 amide bonds. The van der Waals surface area contributed by atoms with Crippen LogP contribution in [0.4, 0.5) is 5.69 Å². The number of hydrogen-bond acceptors (Lipinski definition) is 5. The lowest BCUT2D eigenvalue weighted by molar-refractivity contribution is -0.130. The molecule has 0 bridgehead atoms. The molecule has 1 saturated heterocycles. The number of likely N-dealkylation sites (tertiary alicyclic amines) is 1. The van der Waals surface area contributed by atoms with Crippen molar-refractivity contribution in [1.29, 1.82) is 0 Å². The van der Waals surface area contributed by atoms with Crippen molar-refractivity contribution in [2.24, 2.45) is 0 Å². The fourth-order valence-corrected chi connectivity index (χ4v) is 4.98. The lowest BCUT2D eigenvalue weighted by Crippen LogP contribution is -2.31. The van der Waals surface area contributed by atoms with Crippen molar-refractivity contribution in [3.63, 3.8) is 0 Å². The Morgan fingerprint density at radius 3 is 2.45 bits per heavy atom. The highest BCUT2D eigenvalue weighted by atomic mass is 32.2. The Bertz CT molecular complexity index is 1300. The van der Waals surface area contributed by atoms with Gasteiger partial charge in [0.25, 0.3) is 0 Å². The van der Waals surface area contributed by atoms with E-state index in [0.717, 1.165) is 49.1 Å². The first-order chi connectivity index (χ1) is 16.1. The van der Waals surface area contributed by atoms with Gasteiger partial charge in [0.2, 0.25) is 17.6 Å². The summed E-state index contributed by atoms with van der Waals surface area (Å²) in [6.07, 6.45) is 3.08. The Hall–Kier alpha value is -3.33. The average molecular weight is 463 g/mol. The number of thioether (sulfide) groups is 1. The number of fused-ring (bicyclic) bond motifs is 3. The van der Waals surface area contributed by atoms with Gasteiger partial charge >= 0.3 is 0 Å². The van der Waals surface area contributed by atoms with E-state index >= 15 is 0 Å². The molecule has 9 heteroatoms. The molecule has 170 valence electrons. The Morgan fingerprint density at radius 2 is 1.73 bits per heavy atom. The van der Waals surface area contributed by atoms with Crippen molar-refractivity contribution in [3.8, 4) is 0 Å². The number of carbonyl (C=O) groups excluding carboxylic acids is 2. The second-order valence-electron chi connectivity index (χ2n) is 8.17. The minimum atomic E-state index is -0.103. The van der Waals surface area contributed by atoms with Gasteiger partial charge in [0.15, 0.2) is 5.16 Å². The molecule has 0 atom stereocenters. The summed E-state index contributed by atoms with van der Waals surface area (Å²) in [6, 6.07) is 15.8. The monoisotopic (exact) mass is 462 g/mol. The van der Waals surface area contributed by atoms with Gasteiger partial charge in [-0.25, -0.2) is 0 Å². The predicted octanol–water partition coefficient (Wildman–Crippen LogP) is 3.60. The number of carbonyl (C=O) groups is 2. The van der Waals surface area contributed by atoms with E-state index in [1.165, 1.54) is 17.3 Å². The molecule has 33 heavy (non-hydrogen) atoms. The van der Waals surface area contributed by atoms with Gasteiger partial charge in [0.1, 0.15) is 6.54 Å². The molecule has 1 N–H and O–H groups in total. The fraction of sp³-hybridized carbons (Fsp3) is 0.333. The molecule has 3 heterocycles. The Balaban J connectivity index is 1.35. The molecule has 0 radical (unpaired) electrons. The third-order valence-corrected chi connectivity index (χ3v) is 6.93. The number of nitrogens with zero attached hydrogens (tertiary/aromatic N) is 5. The number of benzene rings is 2. The van der Waals surface area contributed by atoms with Crippen molar-refractivity contribution < 1.29 is 9.59 Å². The zero-order valence-corrected chi connectivity index (χ0v) is 19.3. The molecule has 8 nitrogen and oxygen atoms in total. The number of hydrogen-bond donors (Lipinski definition) is 1. The number of para-hydroxylation sites is 2. The van der Waals surface area contributed by atoms with E-state index < -0.39 is 0 Å². The molecule has 1 aliphatic heterocycles. The molecule has 5 rings (SSSR count). The molecule has 0 aliphatic carbocycles. The molecular weight excluding hydrogens is 436 g/mol. The summed E-state index contributed by atoms with van der Waals surface area (Å²) in [5, 5.41) is 12.3. The highest BCUT2D eigenvalue weighted by Crippen LogP contribution is 2.26. The number of rotatable bonds is 7. The standard InChI is InChI=1S/C24H26N6O2S/c1-2-17-9-11-18(12-10-17)25-21(31)16-33-24-27-26-23-29(15-22(32)28-13-5-6-14-28)19-7-3-4-8-20(19)30(23)24/h3-4,7-12H,2,5-6,13-16H2,1H3,(H,25,31). The lowest BCUT2D eigenvalue weighted by Gasteiger charge is -2.15. The Kier molecular flexibility index (Phi) is 6.04. The van der Waals surface area contributed by atoms with Crippen LogP contribution in [0.1, 0.15) is 25.3 Å². The van der Waals surface area contributed by atoms with E-state index in [2.05, 4.69) is 22.4 Å². The first-order valence-electron chi connectivity index (χ1n) is 11.3. The normalized spacial score (nSPS) is 13.8. The van der Waals surface area contributed by atoms with Crippen LogP contribution in [0.15, 0.2) is 53.7 Å². The maximum Gasteiger partial charge on any atom is 0.242 e. The van der Waals surface area contributed by atoms with E-state index in [9.17, 15) is 9.59 Å². The van der Waals surface area contributed by atoms with Crippen LogP contribution in [0, 0.1) is 0 Å². The minimum Gasteiger partial charge on any atom is -0.341 e. The summed E-state index contributed by atoms with van der Waals surface area (Å²) < 4.78 is 3.85. The minimum absolute atomic E-state index is 0.0985. The molecule has 0 spiro atoms. The maximum atomic E-state index is 12.8. The van der Waals surface area contributed by atoms with Crippen molar-refractivity contribution in [2.45, 2.75) is 37.9 Å². The topological polar surface area (TPSA) is 84.5 Å². The molecule has 0 saturated carbocycles. The number of amides is 2. The largest absolute Gasteiger partial charge is 0.341 e. The number of aromatic nitrogens is 4. The number of aryl methyl sites for hydroxylation is 1. The maximum absolute atomic E-state index is 12.8. The quantitative estimate of drug-likeness (QED) is 0.424. The smallest absolute Gasteiger partial charge is 0.242 e. The van der Waals surface area contributed by atoms with Crippen LogP contribution in [-0.4, -0.2) is 54.7 Å². The molecule has 4 aromatic rings. The van der Waals surface area contributed by atoms with Crippen LogP contribution in [0.25, 0.3) is 16.8 Å². The molecule has 1 aliphatic rings. The molecule has 0 unspecified atom stereocenters. The van der Waals surface area contributed by atoms with Crippen LogP contribution < -0.4 is 5.32 Å². The average Bonchev–Trinajstić information content (AvgIpc) is 3.57. The zero-order valence-electron chi connectivity index (χ0n) is 18.5. The van der Waals surface area contributed by atoms with Crippen LogP contribution >= 0.6 is 11.8 Å². The van der Waals surface area contributed by atoms with Gasteiger partial charge in [-0.2, -0.15) is 0 Å². The zero-order chi connectivity index (χ0) is 22.8. The van der Waals surface area contributed by atoms with E-state index in [1.54, 1.807) is 0 Å². The van der Waals surface area contributed by atoms with Gasteiger partial charge in [-0.15, -0.1) is 10.2 Å². The molecular formula is C24H26N6O2S. The summed E-state index contributed by atoms with van der Waals surface area (Å²) >= 11 is 1.33. The van der Waals surface area contributed by atoms with Gasteiger partial charge in [0.05, 0.1) is 16.8 Å². The highest BCUT2D eigenvalue weighted by molar-refractivity contribution is 7.99. The summed E-state index contributed by atoms with van der Waals surface area (Å²) in [4.78, 5) is 27.3. The second kappa shape index (κ2) is 9.27. The summed E-state index contributed by atoms with van der Waals surface area (Å²) in [7, 11) is 0. The van der Waals surface area contributed by atoms with Crippen LogP contribution in [0.3, 0.4) is 0 Å². The third-order valence-electron chi connectivity index (χ3n) is 6.00. The number of imidazole rings is 1. The first-order valence-corrected chi connectivity index (χ1v) is 12.2. The van der Waals surface area contributed by atoms with Crippen LogP contribution in [-0.2, 0) is 22.6 Å². The van der Waals surface area contributed by atoms with Crippen molar-refractivity contribution in [2.75, 3.05) is 24.2 Å². The van der Waals surface area contributed by atoms with Gasteiger partial charge < -0.3 is 10.2 Å².